The highest BCUT2D eigenvalue weighted by atomic mass is 35.5. The van der Waals surface area contributed by atoms with Crippen molar-refractivity contribution in [3.05, 3.63) is 75.6 Å². The number of nitrogens with zero attached hydrogens (tertiary/aromatic N) is 3. The minimum Gasteiger partial charge on any atom is -0.452 e. The first-order valence-corrected chi connectivity index (χ1v) is 9.49. The van der Waals surface area contributed by atoms with E-state index in [0.717, 1.165) is 5.01 Å². The Morgan fingerprint density at radius 1 is 1.13 bits per heavy atom. The van der Waals surface area contributed by atoms with E-state index in [1.165, 1.54) is 18.2 Å². The fourth-order valence-corrected chi connectivity index (χ4v) is 4.17. The summed E-state index contributed by atoms with van der Waals surface area (Å²) in [6.45, 7) is 0. The van der Waals surface area contributed by atoms with Gasteiger partial charge in [-0.3, -0.25) is 0 Å². The molecule has 0 aromatic heterocycles. The van der Waals surface area contributed by atoms with Gasteiger partial charge in [0.15, 0.2) is 5.71 Å². The molecule has 0 aliphatic carbocycles. The molecule has 30 heavy (non-hydrogen) atoms. The minimum atomic E-state index is -4.77. The van der Waals surface area contributed by atoms with Gasteiger partial charge in [-0.2, -0.15) is 23.5 Å². The van der Waals surface area contributed by atoms with Crippen molar-refractivity contribution in [1.82, 2.24) is 0 Å². The number of anilines is 1. The van der Waals surface area contributed by atoms with Crippen LogP contribution in [0.5, 0.6) is 0 Å². The zero-order chi connectivity index (χ0) is 21.6. The minimum absolute atomic E-state index is 0.158. The first kappa shape index (κ1) is 20.4. The van der Waals surface area contributed by atoms with Gasteiger partial charge in [-0.1, -0.05) is 41.4 Å². The van der Waals surface area contributed by atoms with E-state index in [1.807, 2.05) is 6.07 Å². The Kier molecular flexibility index (Phi) is 5.04. The molecule has 0 saturated carbocycles. The summed E-state index contributed by atoms with van der Waals surface area (Å²) in [5, 5.41) is 15.0. The number of fused-ring (bicyclic) bond motifs is 1. The molecular formula is C20H13Cl2F3N4O. The van der Waals surface area contributed by atoms with Crippen LogP contribution in [0, 0.1) is 17.2 Å². The molecule has 2 aromatic carbocycles. The van der Waals surface area contributed by atoms with Crippen LogP contribution in [0.2, 0.25) is 10.0 Å². The number of alkyl halides is 3. The lowest BCUT2D eigenvalue weighted by molar-refractivity contribution is -0.0658. The molecule has 2 aromatic rings. The van der Waals surface area contributed by atoms with Crippen LogP contribution >= 0.6 is 23.2 Å². The van der Waals surface area contributed by atoms with Crippen LogP contribution in [-0.2, 0) is 4.74 Å². The molecule has 2 N–H and O–H groups in total. The van der Waals surface area contributed by atoms with Crippen LogP contribution in [0.1, 0.15) is 11.5 Å². The third-order valence-electron chi connectivity index (χ3n) is 4.99. The topological polar surface area (TPSA) is 74.6 Å². The molecule has 0 radical (unpaired) electrons. The second-order valence-corrected chi connectivity index (χ2v) is 7.57. The monoisotopic (exact) mass is 452 g/mol. The lowest BCUT2D eigenvalue weighted by Crippen LogP contribution is -2.46. The van der Waals surface area contributed by atoms with Crippen LogP contribution in [0.4, 0.5) is 18.9 Å². The number of nitrogens with two attached hydrogens (primary N) is 1. The summed E-state index contributed by atoms with van der Waals surface area (Å²) in [6.07, 6.45) is -5.99. The summed E-state index contributed by atoms with van der Waals surface area (Å²) in [5.74, 6) is -2.81. The fourth-order valence-electron chi connectivity index (χ4n) is 3.76. The van der Waals surface area contributed by atoms with Crippen molar-refractivity contribution in [2.75, 3.05) is 5.01 Å². The van der Waals surface area contributed by atoms with Crippen molar-refractivity contribution >= 4 is 34.6 Å². The number of hydrogen-bond donors (Lipinski definition) is 1. The number of para-hydroxylation sites is 1. The van der Waals surface area contributed by atoms with Crippen LogP contribution in [0.25, 0.3) is 0 Å². The molecule has 2 heterocycles. The third-order valence-corrected chi connectivity index (χ3v) is 5.57. The van der Waals surface area contributed by atoms with Crippen molar-refractivity contribution in [1.29, 1.82) is 5.26 Å². The molecule has 10 heteroatoms. The van der Waals surface area contributed by atoms with E-state index in [0.29, 0.717) is 5.69 Å². The predicted molar refractivity (Wildman–Crippen MR) is 107 cm³/mol. The molecule has 2 aliphatic rings. The van der Waals surface area contributed by atoms with E-state index in [9.17, 15) is 18.4 Å². The molecule has 0 fully saturated rings. The number of allylic oxidation sites excluding steroid dienone is 1. The number of hydrogen-bond acceptors (Lipinski definition) is 5. The quantitative estimate of drug-likeness (QED) is 0.680. The van der Waals surface area contributed by atoms with Gasteiger partial charge in [0, 0.05) is 16.0 Å². The van der Waals surface area contributed by atoms with Crippen LogP contribution in [-0.4, -0.2) is 18.1 Å². The van der Waals surface area contributed by atoms with E-state index >= 15 is 0 Å². The highest BCUT2D eigenvalue weighted by molar-refractivity contribution is 6.33. The van der Waals surface area contributed by atoms with Gasteiger partial charge in [-0.05, 0) is 35.9 Å². The standard InChI is InChI=1S/C20H13Cl2F3N4O/c21-10-6-7-14(22)12(8-10)15-13(9-26)18(27)30-19-16(15)17(20(23,24)25)28-29(19)11-4-2-1-3-5-11/h1-8,15-16,19H,27H2/t15-,16+,19+/m1/s1. The Balaban J connectivity index is 1.94. The van der Waals surface area contributed by atoms with Gasteiger partial charge in [-0.15, -0.1) is 0 Å². The van der Waals surface area contributed by atoms with Crippen LogP contribution in [0.15, 0.2) is 65.1 Å². The molecule has 0 unspecified atom stereocenters. The van der Waals surface area contributed by atoms with Crippen molar-refractivity contribution in [2.24, 2.45) is 16.8 Å². The van der Waals surface area contributed by atoms with Crippen LogP contribution in [0.3, 0.4) is 0 Å². The highest BCUT2D eigenvalue weighted by Gasteiger charge is 2.58. The summed E-state index contributed by atoms with van der Waals surface area (Å²) in [5.41, 5.74) is 5.34. The van der Waals surface area contributed by atoms with Gasteiger partial charge < -0.3 is 10.5 Å². The maximum Gasteiger partial charge on any atom is 0.431 e. The molecule has 0 spiro atoms. The predicted octanol–water partition coefficient (Wildman–Crippen LogP) is 5.18. The Morgan fingerprint density at radius 3 is 2.47 bits per heavy atom. The van der Waals surface area contributed by atoms with Gasteiger partial charge in [-0.25, -0.2) is 5.01 Å². The highest BCUT2D eigenvalue weighted by Crippen LogP contribution is 2.50. The van der Waals surface area contributed by atoms with Crippen molar-refractivity contribution in [3.8, 4) is 6.07 Å². The molecule has 3 atom stereocenters. The van der Waals surface area contributed by atoms with Gasteiger partial charge in [0.05, 0.1) is 17.2 Å². The van der Waals surface area contributed by atoms with E-state index in [2.05, 4.69) is 5.10 Å². The molecular weight excluding hydrogens is 440 g/mol. The fraction of sp³-hybridized carbons (Fsp3) is 0.200. The molecule has 5 nitrogen and oxygen atoms in total. The van der Waals surface area contributed by atoms with Gasteiger partial charge in [0.2, 0.25) is 12.1 Å². The van der Waals surface area contributed by atoms with E-state index in [4.69, 9.17) is 33.7 Å². The number of rotatable bonds is 2. The van der Waals surface area contributed by atoms with Crippen molar-refractivity contribution < 1.29 is 17.9 Å². The second-order valence-electron chi connectivity index (χ2n) is 6.73. The maximum absolute atomic E-state index is 14.0. The number of benzene rings is 2. The number of halogens is 5. The summed E-state index contributed by atoms with van der Waals surface area (Å²) in [7, 11) is 0. The smallest absolute Gasteiger partial charge is 0.431 e. The Hall–Kier alpha value is -2.89. The Morgan fingerprint density at radius 2 is 1.83 bits per heavy atom. The largest absolute Gasteiger partial charge is 0.452 e. The summed E-state index contributed by atoms with van der Waals surface area (Å²) < 4.78 is 47.6. The average molecular weight is 453 g/mol. The molecule has 0 saturated heterocycles. The molecule has 0 amide bonds. The lowest BCUT2D eigenvalue weighted by Gasteiger charge is -2.37. The molecule has 2 aliphatic heterocycles. The second kappa shape index (κ2) is 7.42. The van der Waals surface area contributed by atoms with Crippen LogP contribution < -0.4 is 10.7 Å². The molecule has 0 bridgehead atoms. The third kappa shape index (κ3) is 3.34. The van der Waals surface area contributed by atoms with E-state index in [1.54, 1.807) is 30.3 Å². The molecule has 4 rings (SSSR count). The van der Waals surface area contributed by atoms with Crippen molar-refractivity contribution in [3.63, 3.8) is 0 Å². The maximum atomic E-state index is 14.0. The SMILES string of the molecule is N#CC1=C(N)O[C@H]2[C@H](C(C(F)(F)F)=NN2c2ccccc2)[C@@H]1c1cc(Cl)ccc1Cl. The zero-order valence-corrected chi connectivity index (χ0v) is 16.6. The van der Waals surface area contributed by atoms with E-state index < -0.39 is 30.0 Å². The first-order chi connectivity index (χ1) is 14.2. The normalized spacial score (nSPS) is 23.5. The zero-order valence-electron chi connectivity index (χ0n) is 15.1. The Labute approximate surface area is 179 Å². The number of ether oxygens (including phenoxy) is 1. The van der Waals surface area contributed by atoms with Gasteiger partial charge in [0.1, 0.15) is 6.07 Å². The summed E-state index contributed by atoms with van der Waals surface area (Å²) in [4.78, 5) is 0. The number of nitriles is 1. The lowest BCUT2D eigenvalue weighted by atomic mass is 9.76. The Bertz CT molecular complexity index is 1100. The summed E-state index contributed by atoms with van der Waals surface area (Å²) >= 11 is 12.4. The molecule has 154 valence electrons. The number of hydrazone groups is 1. The average Bonchev–Trinajstić information content (AvgIpc) is 3.09. The van der Waals surface area contributed by atoms with Crippen molar-refractivity contribution in [2.45, 2.75) is 18.3 Å². The first-order valence-electron chi connectivity index (χ1n) is 8.73. The van der Waals surface area contributed by atoms with Gasteiger partial charge >= 0.3 is 6.18 Å². The summed E-state index contributed by atoms with van der Waals surface area (Å²) in [6, 6.07) is 14.5. The van der Waals surface area contributed by atoms with E-state index in [-0.39, 0.29) is 27.1 Å². The van der Waals surface area contributed by atoms with Gasteiger partial charge in [0.25, 0.3) is 0 Å².